The molecule has 0 bridgehead atoms. The summed E-state index contributed by atoms with van der Waals surface area (Å²) in [5.41, 5.74) is 0.773. The lowest BCUT2D eigenvalue weighted by atomic mass is 10.00. The highest BCUT2D eigenvalue weighted by Gasteiger charge is 2.39. The van der Waals surface area contributed by atoms with Crippen LogP contribution < -0.4 is 9.47 Å². The zero-order valence-corrected chi connectivity index (χ0v) is 8.14. The van der Waals surface area contributed by atoms with Crippen molar-refractivity contribution in [2.45, 2.75) is 12.2 Å². The number of methoxy groups -OCH3 is 1. The van der Waals surface area contributed by atoms with Gasteiger partial charge in [-0.3, -0.25) is 0 Å². The van der Waals surface area contributed by atoms with Crippen LogP contribution in [0.3, 0.4) is 0 Å². The Bertz CT molecular complexity index is 438. The van der Waals surface area contributed by atoms with Crippen LogP contribution in [-0.4, -0.2) is 18.5 Å². The molecule has 3 rings (SSSR count). The van der Waals surface area contributed by atoms with Gasteiger partial charge in [0.25, 0.3) is 6.29 Å². The Balaban J connectivity index is 2.13. The Morgan fingerprint density at radius 1 is 1.40 bits per heavy atom. The minimum absolute atomic E-state index is 0.00842. The molecule has 15 heavy (non-hydrogen) atoms. The Morgan fingerprint density at radius 2 is 2.27 bits per heavy atom. The molecular weight excluding hydrogens is 196 g/mol. The van der Waals surface area contributed by atoms with Gasteiger partial charge in [-0.15, -0.1) is 0 Å². The number of aromatic hydroxyl groups is 1. The van der Waals surface area contributed by atoms with E-state index >= 15 is 0 Å². The maximum absolute atomic E-state index is 9.84. The summed E-state index contributed by atoms with van der Waals surface area (Å²) < 4.78 is 15.8. The first-order valence-electron chi connectivity index (χ1n) is 4.69. The summed E-state index contributed by atoms with van der Waals surface area (Å²) >= 11 is 0. The Hall–Kier alpha value is -1.84. The van der Waals surface area contributed by atoms with Gasteiger partial charge in [-0.2, -0.15) is 0 Å². The molecule has 1 aromatic rings. The number of rotatable bonds is 1. The van der Waals surface area contributed by atoms with Gasteiger partial charge in [0.1, 0.15) is 17.2 Å². The Kier molecular flexibility index (Phi) is 1.59. The van der Waals surface area contributed by atoms with Crippen molar-refractivity contribution in [1.82, 2.24) is 0 Å². The van der Waals surface area contributed by atoms with Crippen LogP contribution in [0.4, 0.5) is 0 Å². The normalized spacial score (nSPS) is 25.4. The highest BCUT2D eigenvalue weighted by atomic mass is 16.7. The largest absolute Gasteiger partial charge is 0.507 e. The summed E-state index contributed by atoms with van der Waals surface area (Å²) in [6.45, 7) is 0. The van der Waals surface area contributed by atoms with Crippen LogP contribution in [0, 0.1) is 0 Å². The lowest BCUT2D eigenvalue weighted by Crippen LogP contribution is -2.14. The van der Waals surface area contributed by atoms with E-state index in [-0.39, 0.29) is 18.0 Å². The topological polar surface area (TPSA) is 47.9 Å². The minimum Gasteiger partial charge on any atom is -0.507 e. The predicted molar refractivity (Wildman–Crippen MR) is 52.0 cm³/mol. The SMILES string of the molecule is COc1cc(O)c2c(c1)O[C@H]1OC=C[C@@H]21. The molecule has 2 aliphatic rings. The van der Waals surface area contributed by atoms with E-state index in [0.29, 0.717) is 11.5 Å². The summed E-state index contributed by atoms with van der Waals surface area (Å²) in [7, 11) is 1.55. The number of benzene rings is 1. The molecule has 78 valence electrons. The molecule has 0 aromatic heterocycles. The number of hydrogen-bond donors (Lipinski definition) is 1. The minimum atomic E-state index is -0.335. The van der Waals surface area contributed by atoms with E-state index in [1.54, 1.807) is 25.5 Å². The average Bonchev–Trinajstić information content (AvgIpc) is 2.75. The van der Waals surface area contributed by atoms with Crippen molar-refractivity contribution in [1.29, 1.82) is 0 Å². The predicted octanol–water partition coefficient (Wildman–Crippen LogP) is 1.75. The fourth-order valence-corrected chi connectivity index (χ4v) is 1.98. The molecule has 0 amide bonds. The summed E-state index contributed by atoms with van der Waals surface area (Å²) in [6.07, 6.45) is 3.14. The van der Waals surface area contributed by atoms with Crippen LogP contribution in [0.2, 0.25) is 0 Å². The van der Waals surface area contributed by atoms with Crippen LogP contribution in [0.15, 0.2) is 24.5 Å². The number of phenolic OH excluding ortho intramolecular Hbond substituents is 1. The van der Waals surface area contributed by atoms with Gasteiger partial charge in [0.05, 0.1) is 24.9 Å². The molecule has 2 heterocycles. The fourth-order valence-electron chi connectivity index (χ4n) is 1.98. The molecule has 0 aliphatic carbocycles. The van der Waals surface area contributed by atoms with Gasteiger partial charge in [-0.05, 0) is 6.08 Å². The molecular formula is C11H10O4. The molecule has 2 atom stereocenters. The van der Waals surface area contributed by atoms with Crippen LogP contribution in [0.5, 0.6) is 17.2 Å². The van der Waals surface area contributed by atoms with E-state index in [9.17, 15) is 5.11 Å². The zero-order chi connectivity index (χ0) is 10.4. The van der Waals surface area contributed by atoms with E-state index in [2.05, 4.69) is 0 Å². The molecule has 0 spiro atoms. The van der Waals surface area contributed by atoms with E-state index < -0.39 is 0 Å². The molecule has 0 unspecified atom stereocenters. The highest BCUT2D eigenvalue weighted by Crippen LogP contribution is 2.48. The molecule has 0 saturated heterocycles. The number of fused-ring (bicyclic) bond motifs is 3. The van der Waals surface area contributed by atoms with Crippen molar-refractivity contribution in [2.24, 2.45) is 0 Å². The first-order valence-corrected chi connectivity index (χ1v) is 4.69. The Morgan fingerprint density at radius 3 is 3.07 bits per heavy atom. The van der Waals surface area contributed by atoms with Crippen molar-refractivity contribution in [3.63, 3.8) is 0 Å². The maximum Gasteiger partial charge on any atom is 0.250 e. The lowest BCUT2D eigenvalue weighted by Gasteiger charge is -2.07. The third-order valence-corrected chi connectivity index (χ3v) is 2.70. The number of ether oxygens (including phenoxy) is 3. The van der Waals surface area contributed by atoms with Crippen molar-refractivity contribution < 1.29 is 19.3 Å². The lowest BCUT2D eigenvalue weighted by molar-refractivity contribution is -0.00490. The molecule has 4 nitrogen and oxygen atoms in total. The maximum atomic E-state index is 9.84. The van der Waals surface area contributed by atoms with E-state index in [0.717, 1.165) is 5.56 Å². The Labute approximate surface area is 86.7 Å². The molecule has 1 aromatic carbocycles. The highest BCUT2D eigenvalue weighted by molar-refractivity contribution is 5.56. The third kappa shape index (κ3) is 1.08. The summed E-state index contributed by atoms with van der Waals surface area (Å²) in [5, 5.41) is 9.84. The van der Waals surface area contributed by atoms with Gasteiger partial charge >= 0.3 is 0 Å². The van der Waals surface area contributed by atoms with Gasteiger partial charge in [0.2, 0.25) is 0 Å². The van der Waals surface area contributed by atoms with Crippen LogP contribution >= 0.6 is 0 Å². The van der Waals surface area contributed by atoms with Gasteiger partial charge in [0, 0.05) is 12.1 Å². The second-order valence-electron chi connectivity index (χ2n) is 3.53. The first kappa shape index (κ1) is 8.47. The molecule has 2 aliphatic heterocycles. The average molecular weight is 206 g/mol. The fraction of sp³-hybridized carbons (Fsp3) is 0.273. The van der Waals surface area contributed by atoms with Gasteiger partial charge in [-0.1, -0.05) is 0 Å². The monoisotopic (exact) mass is 206 g/mol. The van der Waals surface area contributed by atoms with Crippen molar-refractivity contribution in [3.8, 4) is 17.2 Å². The van der Waals surface area contributed by atoms with E-state index in [4.69, 9.17) is 14.2 Å². The zero-order valence-electron chi connectivity index (χ0n) is 8.14. The summed E-state index contributed by atoms with van der Waals surface area (Å²) in [6, 6.07) is 3.33. The van der Waals surface area contributed by atoms with E-state index in [1.807, 2.05) is 6.08 Å². The van der Waals surface area contributed by atoms with Gasteiger partial charge in [-0.25, -0.2) is 0 Å². The molecule has 0 saturated carbocycles. The number of hydrogen-bond acceptors (Lipinski definition) is 4. The molecule has 4 heteroatoms. The second kappa shape index (κ2) is 2.82. The molecule has 0 radical (unpaired) electrons. The standard InChI is InChI=1S/C11H10O4/c1-13-6-4-8(12)10-7-2-3-14-11(7)15-9(10)5-6/h2-5,7,11-12H,1H3/t7-,11+/m0/s1. The van der Waals surface area contributed by atoms with Crippen molar-refractivity contribution in [2.75, 3.05) is 7.11 Å². The number of phenols is 1. The summed E-state index contributed by atoms with van der Waals surface area (Å²) in [5.74, 6) is 1.39. The third-order valence-electron chi connectivity index (χ3n) is 2.70. The van der Waals surface area contributed by atoms with Crippen molar-refractivity contribution >= 4 is 0 Å². The van der Waals surface area contributed by atoms with E-state index in [1.165, 1.54) is 0 Å². The van der Waals surface area contributed by atoms with Crippen molar-refractivity contribution in [3.05, 3.63) is 30.0 Å². The van der Waals surface area contributed by atoms with Crippen LogP contribution in [-0.2, 0) is 4.74 Å². The first-order chi connectivity index (χ1) is 7.29. The van der Waals surface area contributed by atoms with Crippen LogP contribution in [0.25, 0.3) is 0 Å². The van der Waals surface area contributed by atoms with Gasteiger partial charge in [0.15, 0.2) is 0 Å². The molecule has 0 fully saturated rings. The van der Waals surface area contributed by atoms with Crippen LogP contribution in [0.1, 0.15) is 11.5 Å². The van der Waals surface area contributed by atoms with Gasteiger partial charge < -0.3 is 19.3 Å². The summed E-state index contributed by atoms with van der Waals surface area (Å²) in [4.78, 5) is 0. The molecule has 1 N–H and O–H groups in total. The second-order valence-corrected chi connectivity index (χ2v) is 3.53. The quantitative estimate of drug-likeness (QED) is 0.760. The smallest absolute Gasteiger partial charge is 0.250 e.